The number of benzene rings is 1. The van der Waals surface area contributed by atoms with Crippen LogP contribution >= 0.6 is 22.6 Å². The van der Waals surface area contributed by atoms with E-state index in [1.807, 2.05) is 25.1 Å². The van der Waals surface area contributed by atoms with Crippen molar-refractivity contribution in [1.29, 1.82) is 0 Å². The number of nitrogens with one attached hydrogen (secondary N) is 1. The number of ether oxygens (including phenoxy) is 1. The van der Waals surface area contributed by atoms with E-state index in [2.05, 4.69) is 37.9 Å². The summed E-state index contributed by atoms with van der Waals surface area (Å²) in [4.78, 5) is 7.79. The Morgan fingerprint density at radius 3 is 2.89 bits per heavy atom. The van der Waals surface area contributed by atoms with Gasteiger partial charge in [-0.15, -0.1) is 0 Å². The van der Waals surface area contributed by atoms with Gasteiger partial charge in [0.05, 0.1) is 9.77 Å². The number of rotatable bonds is 4. The molecular formula is C12H11FIN3O. The molecule has 1 aromatic carbocycles. The first-order valence-electron chi connectivity index (χ1n) is 5.39. The van der Waals surface area contributed by atoms with Gasteiger partial charge in [-0.25, -0.2) is 4.98 Å². The first-order valence-corrected chi connectivity index (χ1v) is 6.47. The fraction of sp³-hybridized carbons (Fsp3) is 0.167. The molecule has 0 fully saturated rings. The lowest BCUT2D eigenvalue weighted by atomic mass is 10.3. The van der Waals surface area contributed by atoms with Crippen LogP contribution in [0.4, 0.5) is 10.3 Å². The molecule has 4 nitrogen and oxygen atoms in total. The van der Waals surface area contributed by atoms with Crippen molar-refractivity contribution in [3.8, 4) is 11.6 Å². The van der Waals surface area contributed by atoms with Crippen LogP contribution in [-0.2, 0) is 0 Å². The van der Waals surface area contributed by atoms with Gasteiger partial charge in [-0.3, -0.25) is 0 Å². The van der Waals surface area contributed by atoms with Gasteiger partial charge in [0.25, 0.3) is 5.88 Å². The SMILES string of the molecule is CCNc1ncc(F)c(Oc2ccccc2I)n1. The second kappa shape index (κ2) is 5.94. The average Bonchev–Trinajstić information content (AvgIpc) is 2.36. The van der Waals surface area contributed by atoms with Crippen LogP contribution < -0.4 is 10.1 Å². The van der Waals surface area contributed by atoms with E-state index in [4.69, 9.17) is 4.74 Å². The summed E-state index contributed by atoms with van der Waals surface area (Å²) in [6.45, 7) is 2.57. The van der Waals surface area contributed by atoms with Gasteiger partial charge in [-0.1, -0.05) is 12.1 Å². The van der Waals surface area contributed by atoms with Gasteiger partial charge in [-0.05, 0) is 41.6 Å². The van der Waals surface area contributed by atoms with Crippen LogP contribution in [-0.4, -0.2) is 16.5 Å². The van der Waals surface area contributed by atoms with E-state index in [0.29, 0.717) is 18.2 Å². The van der Waals surface area contributed by atoms with Gasteiger partial charge in [0, 0.05) is 6.54 Å². The number of nitrogens with zero attached hydrogens (tertiary/aromatic N) is 2. The summed E-state index contributed by atoms with van der Waals surface area (Å²) in [5, 5.41) is 2.90. The molecule has 0 aliphatic heterocycles. The molecule has 0 atom stereocenters. The van der Waals surface area contributed by atoms with Gasteiger partial charge < -0.3 is 10.1 Å². The smallest absolute Gasteiger partial charge is 0.260 e. The number of aromatic nitrogens is 2. The number of hydrogen-bond donors (Lipinski definition) is 1. The highest BCUT2D eigenvalue weighted by Gasteiger charge is 2.10. The van der Waals surface area contributed by atoms with E-state index in [-0.39, 0.29) is 5.88 Å². The fourth-order valence-electron chi connectivity index (χ4n) is 1.30. The molecule has 2 aromatic rings. The zero-order chi connectivity index (χ0) is 13.0. The molecule has 1 heterocycles. The Morgan fingerprint density at radius 1 is 1.39 bits per heavy atom. The maximum atomic E-state index is 13.5. The monoisotopic (exact) mass is 359 g/mol. The Hall–Kier alpha value is -1.44. The van der Waals surface area contributed by atoms with E-state index in [1.165, 1.54) is 0 Å². The third-order valence-electron chi connectivity index (χ3n) is 2.09. The van der Waals surface area contributed by atoms with Crippen molar-refractivity contribution < 1.29 is 9.13 Å². The molecule has 0 saturated carbocycles. The van der Waals surface area contributed by atoms with E-state index < -0.39 is 5.82 Å². The third kappa shape index (κ3) is 3.06. The Balaban J connectivity index is 2.28. The zero-order valence-corrected chi connectivity index (χ0v) is 11.8. The second-order valence-electron chi connectivity index (χ2n) is 3.41. The highest BCUT2D eigenvalue weighted by molar-refractivity contribution is 14.1. The molecule has 1 aromatic heterocycles. The highest BCUT2D eigenvalue weighted by atomic mass is 127. The summed E-state index contributed by atoms with van der Waals surface area (Å²) in [6.07, 6.45) is 1.09. The normalized spacial score (nSPS) is 10.2. The quantitative estimate of drug-likeness (QED) is 0.850. The molecule has 0 saturated heterocycles. The first-order chi connectivity index (χ1) is 8.70. The highest BCUT2D eigenvalue weighted by Crippen LogP contribution is 2.27. The molecule has 0 spiro atoms. The van der Waals surface area contributed by atoms with Crippen LogP contribution in [0.25, 0.3) is 0 Å². The predicted octanol–water partition coefficient (Wildman–Crippen LogP) is 3.44. The van der Waals surface area contributed by atoms with Crippen LogP contribution in [0.3, 0.4) is 0 Å². The molecular weight excluding hydrogens is 348 g/mol. The summed E-state index contributed by atoms with van der Waals surface area (Å²) in [5.41, 5.74) is 0. The fourth-order valence-corrected chi connectivity index (χ4v) is 1.80. The standard InChI is InChI=1S/C12H11FIN3O/c1-2-15-12-16-7-8(13)11(17-12)18-10-6-4-3-5-9(10)14/h3-7H,2H2,1H3,(H,15,16,17). The molecule has 0 amide bonds. The minimum atomic E-state index is -0.587. The Bertz CT molecular complexity index is 551. The molecule has 0 aliphatic rings. The summed E-state index contributed by atoms with van der Waals surface area (Å²) in [5.74, 6) is 0.249. The molecule has 6 heteroatoms. The minimum Gasteiger partial charge on any atom is -0.435 e. The maximum absolute atomic E-state index is 13.5. The third-order valence-corrected chi connectivity index (χ3v) is 2.98. The summed E-state index contributed by atoms with van der Waals surface area (Å²) >= 11 is 2.12. The van der Waals surface area contributed by atoms with Crippen LogP contribution in [0.5, 0.6) is 11.6 Å². The van der Waals surface area contributed by atoms with E-state index in [1.54, 1.807) is 6.07 Å². The number of anilines is 1. The van der Waals surface area contributed by atoms with Crippen LogP contribution in [0, 0.1) is 9.39 Å². The topological polar surface area (TPSA) is 47.0 Å². The Morgan fingerprint density at radius 2 is 2.17 bits per heavy atom. The van der Waals surface area contributed by atoms with Crippen LogP contribution in [0.1, 0.15) is 6.92 Å². The number of hydrogen-bond acceptors (Lipinski definition) is 4. The van der Waals surface area contributed by atoms with Gasteiger partial charge in [0.15, 0.2) is 0 Å². The van der Waals surface area contributed by atoms with Gasteiger partial charge in [0.1, 0.15) is 5.75 Å². The lowest BCUT2D eigenvalue weighted by Gasteiger charge is -2.08. The van der Waals surface area contributed by atoms with Gasteiger partial charge in [0.2, 0.25) is 11.8 Å². The lowest BCUT2D eigenvalue weighted by molar-refractivity contribution is 0.418. The Labute approximate surface area is 118 Å². The summed E-state index contributed by atoms with van der Waals surface area (Å²) < 4.78 is 19.9. The van der Waals surface area contributed by atoms with E-state index in [0.717, 1.165) is 9.77 Å². The largest absolute Gasteiger partial charge is 0.435 e. The predicted molar refractivity (Wildman–Crippen MR) is 75.4 cm³/mol. The van der Waals surface area contributed by atoms with Gasteiger partial charge in [-0.2, -0.15) is 9.37 Å². The molecule has 2 rings (SSSR count). The average molecular weight is 359 g/mol. The van der Waals surface area contributed by atoms with Crippen molar-refractivity contribution in [1.82, 2.24) is 9.97 Å². The molecule has 18 heavy (non-hydrogen) atoms. The molecule has 0 aliphatic carbocycles. The van der Waals surface area contributed by atoms with Crippen molar-refractivity contribution in [2.45, 2.75) is 6.92 Å². The molecule has 1 N–H and O–H groups in total. The number of halogens is 2. The summed E-state index contributed by atoms with van der Waals surface area (Å²) in [6, 6.07) is 7.34. The first kappa shape index (κ1) is 13.0. The van der Waals surface area contributed by atoms with Crippen molar-refractivity contribution in [2.24, 2.45) is 0 Å². The zero-order valence-electron chi connectivity index (χ0n) is 9.65. The molecule has 0 radical (unpaired) electrons. The van der Waals surface area contributed by atoms with Crippen LogP contribution in [0.2, 0.25) is 0 Å². The minimum absolute atomic E-state index is 0.0786. The van der Waals surface area contributed by atoms with Crippen molar-refractivity contribution in [3.05, 3.63) is 39.8 Å². The summed E-state index contributed by atoms with van der Waals surface area (Å²) in [7, 11) is 0. The number of para-hydroxylation sites is 1. The molecule has 94 valence electrons. The van der Waals surface area contributed by atoms with Crippen molar-refractivity contribution in [3.63, 3.8) is 0 Å². The van der Waals surface area contributed by atoms with E-state index in [9.17, 15) is 4.39 Å². The van der Waals surface area contributed by atoms with Crippen molar-refractivity contribution in [2.75, 3.05) is 11.9 Å². The molecule has 0 bridgehead atoms. The van der Waals surface area contributed by atoms with Crippen molar-refractivity contribution >= 4 is 28.5 Å². The lowest BCUT2D eigenvalue weighted by Crippen LogP contribution is -2.04. The Kier molecular flexibility index (Phi) is 4.29. The van der Waals surface area contributed by atoms with Gasteiger partial charge >= 0.3 is 0 Å². The van der Waals surface area contributed by atoms with Crippen LogP contribution in [0.15, 0.2) is 30.5 Å². The van der Waals surface area contributed by atoms with E-state index >= 15 is 0 Å². The molecule has 0 unspecified atom stereocenters. The maximum Gasteiger partial charge on any atom is 0.260 e. The second-order valence-corrected chi connectivity index (χ2v) is 4.57.